The van der Waals surface area contributed by atoms with Gasteiger partial charge in [-0.15, -0.1) is 0 Å². The van der Waals surface area contributed by atoms with Crippen molar-refractivity contribution in [1.82, 2.24) is 4.98 Å². The second-order valence-electron chi connectivity index (χ2n) is 5.29. The van der Waals surface area contributed by atoms with Gasteiger partial charge in [0.05, 0.1) is 5.75 Å². The van der Waals surface area contributed by atoms with Crippen molar-refractivity contribution in [2.24, 2.45) is 11.1 Å². The highest BCUT2D eigenvalue weighted by molar-refractivity contribution is 7.89. The normalized spacial score (nSPS) is 19.4. The molecule has 2 aromatic rings. The van der Waals surface area contributed by atoms with E-state index in [4.69, 9.17) is 5.14 Å². The second kappa shape index (κ2) is 5.09. The average molecular weight is 305 g/mol. The van der Waals surface area contributed by atoms with E-state index in [1.165, 1.54) is 4.90 Å². The van der Waals surface area contributed by atoms with Crippen LogP contribution in [0.2, 0.25) is 0 Å². The summed E-state index contributed by atoms with van der Waals surface area (Å²) >= 11 is 0. The first kappa shape index (κ1) is 14.0. The first-order valence-electron chi connectivity index (χ1n) is 6.58. The zero-order valence-corrected chi connectivity index (χ0v) is 12.1. The molecule has 3 rings (SSSR count). The second-order valence-corrected chi connectivity index (χ2v) is 6.95. The molecule has 1 amide bonds. The van der Waals surface area contributed by atoms with Gasteiger partial charge in [-0.05, 0) is 11.5 Å². The number of pyridine rings is 1. The van der Waals surface area contributed by atoms with Crippen LogP contribution in [0.4, 0.5) is 5.82 Å². The molecule has 1 aromatic carbocycles. The SMILES string of the molecule is NS(=O)(=O)CC1CC(=O)N(c2cc3ccccc3cn2)C1. The third kappa shape index (κ3) is 3.03. The van der Waals surface area contributed by atoms with Gasteiger partial charge >= 0.3 is 0 Å². The van der Waals surface area contributed by atoms with Crippen molar-refractivity contribution in [2.45, 2.75) is 6.42 Å². The molecular weight excluding hydrogens is 290 g/mol. The number of hydrogen-bond acceptors (Lipinski definition) is 4. The number of primary sulfonamides is 1. The minimum Gasteiger partial charge on any atom is -0.296 e. The first-order chi connectivity index (χ1) is 9.92. The predicted molar refractivity (Wildman–Crippen MR) is 80.2 cm³/mol. The molecule has 0 saturated carbocycles. The minimum absolute atomic E-state index is 0.119. The summed E-state index contributed by atoms with van der Waals surface area (Å²) in [5.41, 5.74) is 0. The lowest BCUT2D eigenvalue weighted by Gasteiger charge is -2.16. The Morgan fingerprint density at radius 2 is 2.00 bits per heavy atom. The van der Waals surface area contributed by atoms with Crippen LogP contribution < -0.4 is 10.0 Å². The fourth-order valence-electron chi connectivity index (χ4n) is 2.66. The van der Waals surface area contributed by atoms with Gasteiger partial charge < -0.3 is 0 Å². The number of rotatable bonds is 3. The Morgan fingerprint density at radius 1 is 1.29 bits per heavy atom. The van der Waals surface area contributed by atoms with E-state index < -0.39 is 10.0 Å². The Kier molecular flexibility index (Phi) is 3.38. The van der Waals surface area contributed by atoms with Crippen LogP contribution in [0.1, 0.15) is 6.42 Å². The van der Waals surface area contributed by atoms with E-state index in [-0.39, 0.29) is 24.0 Å². The quantitative estimate of drug-likeness (QED) is 0.910. The zero-order valence-electron chi connectivity index (χ0n) is 11.3. The fraction of sp³-hybridized carbons (Fsp3) is 0.286. The maximum atomic E-state index is 12.1. The molecule has 0 bridgehead atoms. The molecule has 1 aromatic heterocycles. The first-order valence-corrected chi connectivity index (χ1v) is 8.29. The van der Waals surface area contributed by atoms with Crippen LogP contribution in [-0.4, -0.2) is 31.6 Å². The predicted octanol–water partition coefficient (Wildman–Crippen LogP) is 0.876. The summed E-state index contributed by atoms with van der Waals surface area (Å²) in [5.74, 6) is -0.0224. The number of fused-ring (bicyclic) bond motifs is 1. The number of nitrogens with zero attached hydrogens (tertiary/aromatic N) is 2. The molecular formula is C14H15N3O3S. The summed E-state index contributed by atoms with van der Waals surface area (Å²) < 4.78 is 22.3. The maximum absolute atomic E-state index is 12.1. The number of sulfonamides is 1. The van der Waals surface area contributed by atoms with Crippen LogP contribution in [0.3, 0.4) is 0 Å². The third-order valence-corrected chi connectivity index (χ3v) is 4.50. The van der Waals surface area contributed by atoms with E-state index in [1.54, 1.807) is 6.20 Å². The van der Waals surface area contributed by atoms with Gasteiger partial charge in [-0.3, -0.25) is 9.69 Å². The number of carbonyl (C=O) groups excluding carboxylic acids is 1. The number of amides is 1. The van der Waals surface area contributed by atoms with E-state index in [2.05, 4.69) is 4.98 Å². The Labute approximate surface area is 122 Å². The summed E-state index contributed by atoms with van der Waals surface area (Å²) in [6.45, 7) is 0.334. The highest BCUT2D eigenvalue weighted by Crippen LogP contribution is 2.26. The van der Waals surface area contributed by atoms with E-state index in [0.717, 1.165) is 10.8 Å². The largest absolute Gasteiger partial charge is 0.296 e. The van der Waals surface area contributed by atoms with Gasteiger partial charge in [-0.25, -0.2) is 18.5 Å². The number of hydrogen-bond donors (Lipinski definition) is 1. The number of carbonyl (C=O) groups is 1. The molecule has 1 aliphatic rings. The molecule has 1 unspecified atom stereocenters. The zero-order chi connectivity index (χ0) is 15.0. The van der Waals surface area contributed by atoms with Gasteiger partial charge in [0.25, 0.3) is 0 Å². The molecule has 0 radical (unpaired) electrons. The number of benzene rings is 1. The Morgan fingerprint density at radius 3 is 2.71 bits per heavy atom. The van der Waals surface area contributed by atoms with Gasteiger partial charge in [-0.2, -0.15) is 0 Å². The van der Waals surface area contributed by atoms with Crippen molar-refractivity contribution < 1.29 is 13.2 Å². The van der Waals surface area contributed by atoms with Crippen molar-refractivity contribution in [2.75, 3.05) is 17.2 Å². The van der Waals surface area contributed by atoms with Gasteiger partial charge in [0.2, 0.25) is 15.9 Å². The van der Waals surface area contributed by atoms with Crippen LogP contribution in [0.5, 0.6) is 0 Å². The number of aromatic nitrogens is 1. The van der Waals surface area contributed by atoms with Gasteiger partial charge in [0.15, 0.2) is 0 Å². The highest BCUT2D eigenvalue weighted by atomic mass is 32.2. The highest BCUT2D eigenvalue weighted by Gasteiger charge is 2.33. The molecule has 1 atom stereocenters. The van der Waals surface area contributed by atoms with Crippen LogP contribution in [0.25, 0.3) is 10.8 Å². The van der Waals surface area contributed by atoms with Crippen LogP contribution in [-0.2, 0) is 14.8 Å². The minimum atomic E-state index is -3.57. The van der Waals surface area contributed by atoms with Crippen molar-refractivity contribution in [3.8, 4) is 0 Å². The number of anilines is 1. The third-order valence-electron chi connectivity index (χ3n) is 3.57. The molecule has 7 heteroatoms. The summed E-state index contributed by atoms with van der Waals surface area (Å²) in [4.78, 5) is 17.9. The molecule has 6 nitrogen and oxygen atoms in total. The van der Waals surface area contributed by atoms with Crippen LogP contribution in [0.15, 0.2) is 36.5 Å². The Balaban J connectivity index is 1.87. The summed E-state index contributed by atoms with van der Waals surface area (Å²) in [6.07, 6.45) is 1.90. The van der Waals surface area contributed by atoms with Crippen LogP contribution >= 0.6 is 0 Å². The summed E-state index contributed by atoms with van der Waals surface area (Å²) in [6, 6.07) is 9.58. The van der Waals surface area contributed by atoms with Crippen molar-refractivity contribution in [3.05, 3.63) is 36.5 Å². The Hall–Kier alpha value is -1.99. The summed E-state index contributed by atoms with van der Waals surface area (Å²) in [7, 11) is -3.57. The van der Waals surface area contributed by atoms with E-state index in [9.17, 15) is 13.2 Å². The molecule has 1 saturated heterocycles. The lowest BCUT2D eigenvalue weighted by Crippen LogP contribution is -2.28. The smallest absolute Gasteiger partial charge is 0.228 e. The molecule has 21 heavy (non-hydrogen) atoms. The van der Waals surface area contributed by atoms with Gasteiger partial charge in [-0.1, -0.05) is 24.3 Å². The Bertz CT molecular complexity index is 804. The van der Waals surface area contributed by atoms with Gasteiger partial charge in [0, 0.05) is 30.5 Å². The average Bonchev–Trinajstić information content (AvgIpc) is 2.76. The van der Waals surface area contributed by atoms with Gasteiger partial charge in [0.1, 0.15) is 5.82 Å². The lowest BCUT2D eigenvalue weighted by molar-refractivity contribution is -0.117. The van der Waals surface area contributed by atoms with E-state index in [1.807, 2.05) is 30.3 Å². The van der Waals surface area contributed by atoms with Crippen molar-refractivity contribution in [1.29, 1.82) is 0 Å². The lowest BCUT2D eigenvalue weighted by atomic mass is 10.1. The molecule has 0 spiro atoms. The standard InChI is InChI=1S/C14H15N3O3S/c15-21(19,20)9-10-5-14(18)17(8-10)13-6-11-3-1-2-4-12(11)7-16-13/h1-4,6-7,10H,5,8-9H2,(H2,15,19,20). The van der Waals surface area contributed by atoms with Crippen molar-refractivity contribution >= 4 is 32.5 Å². The summed E-state index contributed by atoms with van der Waals surface area (Å²) in [5, 5.41) is 7.03. The monoisotopic (exact) mass is 305 g/mol. The molecule has 2 N–H and O–H groups in total. The maximum Gasteiger partial charge on any atom is 0.228 e. The van der Waals surface area contributed by atoms with Crippen LogP contribution in [0, 0.1) is 5.92 Å². The van der Waals surface area contributed by atoms with E-state index in [0.29, 0.717) is 12.4 Å². The molecule has 1 aliphatic heterocycles. The van der Waals surface area contributed by atoms with Crippen molar-refractivity contribution in [3.63, 3.8) is 0 Å². The molecule has 2 heterocycles. The topological polar surface area (TPSA) is 93.4 Å². The number of nitrogens with two attached hydrogens (primary N) is 1. The molecule has 110 valence electrons. The molecule has 0 aliphatic carbocycles. The fourth-order valence-corrected chi connectivity index (χ4v) is 3.54. The van der Waals surface area contributed by atoms with E-state index >= 15 is 0 Å². The molecule has 1 fully saturated rings.